The lowest BCUT2D eigenvalue weighted by Gasteiger charge is -2.20. The Labute approximate surface area is 121 Å². The molecule has 0 atom stereocenters. The summed E-state index contributed by atoms with van der Waals surface area (Å²) in [5.41, 5.74) is 1.85. The zero-order chi connectivity index (χ0) is 14.0. The van der Waals surface area contributed by atoms with Crippen molar-refractivity contribution in [2.75, 3.05) is 11.9 Å². The van der Waals surface area contributed by atoms with Gasteiger partial charge in [-0.15, -0.1) is 0 Å². The van der Waals surface area contributed by atoms with Crippen LogP contribution in [0.1, 0.15) is 25.3 Å². The number of nitrogens with one attached hydrogen (secondary N) is 1. The average Bonchev–Trinajstić information content (AvgIpc) is 3.13. The van der Waals surface area contributed by atoms with Gasteiger partial charge in [0.2, 0.25) is 11.8 Å². The second-order valence-corrected chi connectivity index (χ2v) is 5.76. The van der Waals surface area contributed by atoms with Crippen LogP contribution in [0.15, 0.2) is 22.7 Å². The molecule has 102 valence electrons. The molecule has 1 saturated carbocycles. The van der Waals surface area contributed by atoms with Crippen molar-refractivity contribution in [2.45, 2.75) is 32.7 Å². The van der Waals surface area contributed by atoms with Crippen LogP contribution in [0.3, 0.4) is 0 Å². The van der Waals surface area contributed by atoms with Crippen molar-refractivity contribution in [2.24, 2.45) is 0 Å². The maximum atomic E-state index is 12.0. The monoisotopic (exact) mass is 324 g/mol. The molecule has 0 spiro atoms. The predicted molar refractivity (Wildman–Crippen MR) is 77.9 cm³/mol. The fourth-order valence-corrected chi connectivity index (χ4v) is 2.54. The minimum absolute atomic E-state index is 0.0411. The van der Waals surface area contributed by atoms with Crippen molar-refractivity contribution in [3.63, 3.8) is 0 Å². The number of benzene rings is 1. The standard InChI is InChI=1S/C14H17BrN2O2/c1-9-3-6-13(12(15)7-9)16-14(19)8-17(10(2)18)11-4-5-11/h3,6-7,11H,4-5,8H2,1-2H3,(H,16,19). The van der Waals surface area contributed by atoms with E-state index in [1.807, 2.05) is 25.1 Å². The lowest BCUT2D eigenvalue weighted by Crippen LogP contribution is -2.38. The Morgan fingerprint density at radius 1 is 1.42 bits per heavy atom. The molecule has 0 radical (unpaired) electrons. The third-order valence-electron chi connectivity index (χ3n) is 3.10. The Hall–Kier alpha value is -1.36. The van der Waals surface area contributed by atoms with Crippen molar-refractivity contribution in [3.8, 4) is 0 Å². The van der Waals surface area contributed by atoms with E-state index in [-0.39, 0.29) is 24.4 Å². The molecular formula is C14H17BrN2O2. The lowest BCUT2D eigenvalue weighted by molar-refractivity contribution is -0.133. The molecule has 19 heavy (non-hydrogen) atoms. The van der Waals surface area contributed by atoms with Gasteiger partial charge < -0.3 is 10.2 Å². The summed E-state index contributed by atoms with van der Waals surface area (Å²) in [6, 6.07) is 5.99. The zero-order valence-corrected chi connectivity index (χ0v) is 12.7. The van der Waals surface area contributed by atoms with E-state index >= 15 is 0 Å². The summed E-state index contributed by atoms with van der Waals surface area (Å²) in [7, 11) is 0. The van der Waals surface area contributed by atoms with Gasteiger partial charge in [-0.3, -0.25) is 9.59 Å². The highest BCUT2D eigenvalue weighted by Gasteiger charge is 2.32. The molecule has 0 aromatic heterocycles. The summed E-state index contributed by atoms with van der Waals surface area (Å²) in [5, 5.41) is 2.83. The summed E-state index contributed by atoms with van der Waals surface area (Å²) in [4.78, 5) is 25.1. The lowest BCUT2D eigenvalue weighted by atomic mass is 10.2. The smallest absolute Gasteiger partial charge is 0.244 e. The van der Waals surface area contributed by atoms with Crippen molar-refractivity contribution in [3.05, 3.63) is 28.2 Å². The molecule has 0 aliphatic heterocycles. The Bertz CT molecular complexity index is 512. The van der Waals surface area contributed by atoms with Gasteiger partial charge in [-0.1, -0.05) is 6.07 Å². The third kappa shape index (κ3) is 3.80. The quantitative estimate of drug-likeness (QED) is 0.925. The third-order valence-corrected chi connectivity index (χ3v) is 3.76. The normalized spacial score (nSPS) is 14.1. The van der Waals surface area contributed by atoms with Crippen LogP contribution in [0.4, 0.5) is 5.69 Å². The first-order valence-corrected chi connectivity index (χ1v) is 7.10. The van der Waals surface area contributed by atoms with E-state index in [2.05, 4.69) is 21.2 Å². The first-order chi connectivity index (χ1) is 8.97. The second-order valence-electron chi connectivity index (χ2n) is 4.91. The van der Waals surface area contributed by atoms with Gasteiger partial charge in [0.1, 0.15) is 6.54 Å². The minimum atomic E-state index is -0.161. The molecule has 1 aliphatic carbocycles. The van der Waals surface area contributed by atoms with Crippen LogP contribution in [0.25, 0.3) is 0 Å². The van der Waals surface area contributed by atoms with Crippen LogP contribution < -0.4 is 5.32 Å². The van der Waals surface area contributed by atoms with Gasteiger partial charge in [0.05, 0.1) is 5.69 Å². The molecule has 2 rings (SSSR count). The molecule has 0 bridgehead atoms. The van der Waals surface area contributed by atoms with E-state index in [9.17, 15) is 9.59 Å². The van der Waals surface area contributed by atoms with Crippen LogP contribution >= 0.6 is 15.9 Å². The molecule has 1 aromatic rings. The highest BCUT2D eigenvalue weighted by molar-refractivity contribution is 9.10. The maximum absolute atomic E-state index is 12.0. The molecule has 2 amide bonds. The number of hydrogen-bond acceptors (Lipinski definition) is 2. The number of rotatable bonds is 4. The summed E-state index contributed by atoms with van der Waals surface area (Å²) in [6.07, 6.45) is 2.00. The first-order valence-electron chi connectivity index (χ1n) is 6.30. The van der Waals surface area contributed by atoms with E-state index in [1.165, 1.54) is 6.92 Å². The number of nitrogens with zero attached hydrogens (tertiary/aromatic N) is 1. The Morgan fingerprint density at radius 3 is 2.63 bits per heavy atom. The Balaban J connectivity index is 1.98. The van der Waals surface area contributed by atoms with Crippen LogP contribution in [0, 0.1) is 6.92 Å². The highest BCUT2D eigenvalue weighted by Crippen LogP contribution is 2.27. The zero-order valence-electron chi connectivity index (χ0n) is 11.1. The molecule has 1 N–H and O–H groups in total. The average molecular weight is 325 g/mol. The number of aryl methyl sites for hydroxylation is 1. The summed E-state index contributed by atoms with van der Waals surface area (Å²) in [5.74, 6) is -0.202. The number of carbonyl (C=O) groups excluding carboxylic acids is 2. The van der Waals surface area contributed by atoms with Gasteiger partial charge in [0, 0.05) is 17.4 Å². The van der Waals surface area contributed by atoms with E-state index in [0.717, 1.165) is 28.6 Å². The van der Waals surface area contributed by atoms with E-state index in [4.69, 9.17) is 0 Å². The Kier molecular flexibility index (Phi) is 4.24. The van der Waals surface area contributed by atoms with Crippen molar-refractivity contribution in [1.29, 1.82) is 0 Å². The van der Waals surface area contributed by atoms with E-state index in [0.29, 0.717) is 0 Å². The summed E-state index contributed by atoms with van der Waals surface area (Å²) < 4.78 is 0.849. The van der Waals surface area contributed by atoms with Gasteiger partial charge in [0.15, 0.2) is 0 Å². The topological polar surface area (TPSA) is 49.4 Å². The number of amides is 2. The van der Waals surface area contributed by atoms with Gasteiger partial charge in [-0.05, 0) is 53.4 Å². The fraction of sp³-hybridized carbons (Fsp3) is 0.429. The summed E-state index contributed by atoms with van der Waals surface area (Å²) >= 11 is 3.42. The number of anilines is 1. The van der Waals surface area contributed by atoms with E-state index < -0.39 is 0 Å². The van der Waals surface area contributed by atoms with Gasteiger partial charge in [0.25, 0.3) is 0 Å². The fourth-order valence-electron chi connectivity index (χ4n) is 1.95. The van der Waals surface area contributed by atoms with Crippen LogP contribution in [0.2, 0.25) is 0 Å². The second kappa shape index (κ2) is 5.74. The SMILES string of the molecule is CC(=O)N(CC(=O)Nc1ccc(C)cc1Br)C1CC1. The number of halogens is 1. The number of hydrogen-bond donors (Lipinski definition) is 1. The van der Waals surface area contributed by atoms with Crippen molar-refractivity contribution in [1.82, 2.24) is 4.90 Å². The van der Waals surface area contributed by atoms with E-state index in [1.54, 1.807) is 4.90 Å². The van der Waals surface area contributed by atoms with Crippen LogP contribution in [-0.2, 0) is 9.59 Å². The van der Waals surface area contributed by atoms with Crippen LogP contribution in [0.5, 0.6) is 0 Å². The molecular weight excluding hydrogens is 308 g/mol. The van der Waals surface area contributed by atoms with Crippen molar-refractivity contribution >= 4 is 33.4 Å². The molecule has 0 unspecified atom stereocenters. The molecule has 1 fully saturated rings. The molecule has 1 aromatic carbocycles. The largest absolute Gasteiger partial charge is 0.331 e. The van der Waals surface area contributed by atoms with Gasteiger partial charge >= 0.3 is 0 Å². The highest BCUT2D eigenvalue weighted by atomic mass is 79.9. The maximum Gasteiger partial charge on any atom is 0.244 e. The van der Waals surface area contributed by atoms with Crippen molar-refractivity contribution < 1.29 is 9.59 Å². The molecule has 5 heteroatoms. The molecule has 0 heterocycles. The molecule has 4 nitrogen and oxygen atoms in total. The molecule has 0 saturated heterocycles. The first kappa shape index (κ1) is 14.1. The van der Waals surface area contributed by atoms with Crippen LogP contribution in [-0.4, -0.2) is 29.3 Å². The Morgan fingerprint density at radius 2 is 2.11 bits per heavy atom. The minimum Gasteiger partial charge on any atom is -0.331 e. The molecule has 1 aliphatic rings. The van der Waals surface area contributed by atoms with Gasteiger partial charge in [-0.25, -0.2) is 0 Å². The van der Waals surface area contributed by atoms with Gasteiger partial charge in [-0.2, -0.15) is 0 Å². The summed E-state index contributed by atoms with van der Waals surface area (Å²) in [6.45, 7) is 3.62. The predicted octanol–water partition coefficient (Wildman–Crippen LogP) is 2.71. The number of carbonyl (C=O) groups is 2.